The zero-order valence-electron chi connectivity index (χ0n) is 15.2. The van der Waals surface area contributed by atoms with Gasteiger partial charge in [-0.3, -0.25) is 9.59 Å². The minimum Gasteiger partial charge on any atom is -0.330 e. The molecule has 1 aromatic carbocycles. The van der Waals surface area contributed by atoms with E-state index in [-0.39, 0.29) is 29.6 Å². The van der Waals surface area contributed by atoms with Crippen LogP contribution in [0.2, 0.25) is 0 Å². The summed E-state index contributed by atoms with van der Waals surface area (Å²) in [4.78, 5) is 25.3. The van der Waals surface area contributed by atoms with Crippen LogP contribution in [0, 0.1) is 5.41 Å². The predicted molar refractivity (Wildman–Crippen MR) is 114 cm³/mol. The number of hydrogen-bond acceptors (Lipinski definition) is 4. The Bertz CT molecular complexity index is 758. The Kier molecular flexibility index (Phi) is 7.83. The lowest BCUT2D eigenvalue weighted by atomic mass is 9.71. The Morgan fingerprint density at radius 2 is 1.74 bits per heavy atom. The van der Waals surface area contributed by atoms with Crippen molar-refractivity contribution < 1.29 is 9.59 Å². The van der Waals surface area contributed by atoms with E-state index in [9.17, 15) is 9.59 Å². The summed E-state index contributed by atoms with van der Waals surface area (Å²) in [7, 11) is 0. The van der Waals surface area contributed by atoms with Crippen LogP contribution >= 0.6 is 23.7 Å². The van der Waals surface area contributed by atoms with Gasteiger partial charge < -0.3 is 16.4 Å². The number of thiophene rings is 1. The third kappa shape index (κ3) is 5.79. The van der Waals surface area contributed by atoms with Crippen LogP contribution in [0.5, 0.6) is 0 Å². The Hall–Kier alpha value is -1.89. The molecule has 0 bridgehead atoms. The minimum atomic E-state index is -0.146. The van der Waals surface area contributed by atoms with E-state index < -0.39 is 0 Å². The monoisotopic (exact) mass is 407 g/mol. The second-order valence-electron chi connectivity index (χ2n) is 7.00. The normalized spacial score (nSPS) is 15.4. The molecule has 0 unspecified atom stereocenters. The maximum Gasteiger partial charge on any atom is 0.265 e. The Morgan fingerprint density at radius 1 is 1.04 bits per heavy atom. The van der Waals surface area contributed by atoms with Crippen LogP contribution in [-0.4, -0.2) is 18.4 Å². The Morgan fingerprint density at radius 3 is 2.37 bits per heavy atom. The molecule has 1 aliphatic carbocycles. The number of nitrogens with one attached hydrogen (secondary N) is 2. The molecule has 27 heavy (non-hydrogen) atoms. The summed E-state index contributed by atoms with van der Waals surface area (Å²) in [6, 6.07) is 10.9. The smallest absolute Gasteiger partial charge is 0.265 e. The molecule has 5 nitrogen and oxygen atoms in total. The van der Waals surface area contributed by atoms with E-state index >= 15 is 0 Å². The molecule has 2 aromatic rings. The summed E-state index contributed by atoms with van der Waals surface area (Å²) in [6.45, 7) is 0.553. The summed E-state index contributed by atoms with van der Waals surface area (Å²) in [5.74, 6) is -0.160. The van der Waals surface area contributed by atoms with Gasteiger partial charge in [0.2, 0.25) is 5.91 Å². The molecule has 4 N–H and O–H groups in total. The standard InChI is InChI=1S/C20H25N3O2S.ClH/c21-14-20(9-2-1-3-10-20)13-18(24)22-15-6-4-7-16(12-15)23-19(25)17-8-5-11-26-17;/h4-8,11-12H,1-3,9-10,13-14,21H2,(H,22,24)(H,23,25);1H. The molecule has 0 aliphatic heterocycles. The molecule has 3 rings (SSSR count). The van der Waals surface area contributed by atoms with Gasteiger partial charge in [-0.15, -0.1) is 23.7 Å². The topological polar surface area (TPSA) is 84.2 Å². The third-order valence-electron chi connectivity index (χ3n) is 5.03. The number of rotatable bonds is 6. The number of halogens is 1. The van der Waals surface area contributed by atoms with Crippen molar-refractivity contribution in [2.75, 3.05) is 17.2 Å². The van der Waals surface area contributed by atoms with Gasteiger partial charge in [0.1, 0.15) is 0 Å². The number of benzene rings is 1. The molecule has 1 heterocycles. The van der Waals surface area contributed by atoms with Crippen LogP contribution < -0.4 is 16.4 Å². The van der Waals surface area contributed by atoms with E-state index in [0.29, 0.717) is 29.2 Å². The SMILES string of the molecule is Cl.NCC1(CC(=O)Nc2cccc(NC(=O)c3cccs3)c2)CCCCC1. The Labute approximate surface area is 170 Å². The number of anilines is 2. The number of nitrogens with two attached hydrogens (primary N) is 1. The first-order chi connectivity index (χ1) is 12.6. The van der Waals surface area contributed by atoms with Crippen LogP contribution in [0.25, 0.3) is 0 Å². The number of carbonyl (C=O) groups excluding carboxylic acids is 2. The van der Waals surface area contributed by atoms with Gasteiger partial charge >= 0.3 is 0 Å². The van der Waals surface area contributed by atoms with Crippen LogP contribution in [0.1, 0.15) is 48.2 Å². The van der Waals surface area contributed by atoms with Gasteiger partial charge in [0.05, 0.1) is 4.88 Å². The average Bonchev–Trinajstić information content (AvgIpc) is 3.17. The van der Waals surface area contributed by atoms with Crippen molar-refractivity contribution in [3.8, 4) is 0 Å². The van der Waals surface area contributed by atoms with E-state index in [2.05, 4.69) is 10.6 Å². The fraction of sp³-hybridized carbons (Fsp3) is 0.400. The van der Waals surface area contributed by atoms with E-state index in [1.54, 1.807) is 12.1 Å². The molecule has 1 aromatic heterocycles. The maximum atomic E-state index is 12.5. The summed E-state index contributed by atoms with van der Waals surface area (Å²) in [6.07, 6.45) is 6.02. The van der Waals surface area contributed by atoms with Gasteiger partial charge in [-0.1, -0.05) is 31.4 Å². The molecule has 2 amide bonds. The first kappa shape index (κ1) is 21.4. The highest BCUT2D eigenvalue weighted by Gasteiger charge is 2.32. The summed E-state index contributed by atoms with van der Waals surface area (Å²) in [5.41, 5.74) is 7.26. The minimum absolute atomic E-state index is 0. The highest BCUT2D eigenvalue weighted by atomic mass is 35.5. The number of hydrogen-bond donors (Lipinski definition) is 3. The quantitative estimate of drug-likeness (QED) is 0.651. The fourth-order valence-electron chi connectivity index (χ4n) is 3.58. The number of carbonyl (C=O) groups is 2. The molecule has 0 radical (unpaired) electrons. The van der Waals surface area contributed by atoms with Gasteiger partial charge in [0.15, 0.2) is 0 Å². The highest BCUT2D eigenvalue weighted by molar-refractivity contribution is 7.12. The van der Waals surface area contributed by atoms with E-state index in [1.807, 2.05) is 29.6 Å². The van der Waals surface area contributed by atoms with Gasteiger partial charge in [-0.2, -0.15) is 0 Å². The highest BCUT2D eigenvalue weighted by Crippen LogP contribution is 2.38. The first-order valence-corrected chi connectivity index (χ1v) is 9.93. The lowest BCUT2D eigenvalue weighted by Crippen LogP contribution is -2.36. The van der Waals surface area contributed by atoms with Crippen molar-refractivity contribution in [1.82, 2.24) is 0 Å². The summed E-state index contributed by atoms with van der Waals surface area (Å²) >= 11 is 1.39. The first-order valence-electron chi connectivity index (χ1n) is 9.05. The second-order valence-corrected chi connectivity index (χ2v) is 7.95. The molecule has 1 aliphatic rings. The van der Waals surface area contributed by atoms with Crippen molar-refractivity contribution in [3.05, 3.63) is 46.7 Å². The maximum absolute atomic E-state index is 12.5. The fourth-order valence-corrected chi connectivity index (χ4v) is 4.19. The zero-order valence-corrected chi connectivity index (χ0v) is 16.8. The van der Waals surface area contributed by atoms with Gasteiger partial charge in [-0.25, -0.2) is 0 Å². The van der Waals surface area contributed by atoms with E-state index in [4.69, 9.17) is 5.73 Å². The van der Waals surface area contributed by atoms with Crippen LogP contribution in [0.15, 0.2) is 41.8 Å². The van der Waals surface area contributed by atoms with Gasteiger partial charge in [0.25, 0.3) is 5.91 Å². The zero-order chi connectivity index (χ0) is 18.4. The van der Waals surface area contributed by atoms with Crippen molar-refractivity contribution in [3.63, 3.8) is 0 Å². The van der Waals surface area contributed by atoms with Crippen LogP contribution in [-0.2, 0) is 4.79 Å². The van der Waals surface area contributed by atoms with Crippen molar-refractivity contribution in [2.24, 2.45) is 11.1 Å². The second kappa shape index (κ2) is 9.88. The van der Waals surface area contributed by atoms with E-state index in [1.165, 1.54) is 17.8 Å². The molecule has 0 saturated heterocycles. The summed E-state index contributed by atoms with van der Waals surface area (Å²) in [5, 5.41) is 7.68. The molecule has 0 spiro atoms. The molecular formula is C20H26ClN3O2S. The van der Waals surface area contributed by atoms with Gasteiger partial charge in [0, 0.05) is 17.8 Å². The van der Waals surface area contributed by atoms with Crippen molar-refractivity contribution in [1.29, 1.82) is 0 Å². The molecule has 7 heteroatoms. The predicted octanol–water partition coefficient (Wildman–Crippen LogP) is 4.66. The number of amides is 2. The van der Waals surface area contributed by atoms with Crippen LogP contribution in [0.3, 0.4) is 0 Å². The third-order valence-corrected chi connectivity index (χ3v) is 5.90. The lowest BCUT2D eigenvalue weighted by Gasteiger charge is -2.35. The molecular weight excluding hydrogens is 382 g/mol. The average molecular weight is 408 g/mol. The van der Waals surface area contributed by atoms with E-state index in [0.717, 1.165) is 25.7 Å². The molecule has 146 valence electrons. The molecule has 1 fully saturated rings. The van der Waals surface area contributed by atoms with Gasteiger partial charge in [-0.05, 0) is 54.4 Å². The van der Waals surface area contributed by atoms with Crippen LogP contribution in [0.4, 0.5) is 11.4 Å². The lowest BCUT2D eigenvalue weighted by molar-refractivity contribution is -0.118. The molecule has 0 atom stereocenters. The van der Waals surface area contributed by atoms with Crippen molar-refractivity contribution in [2.45, 2.75) is 38.5 Å². The summed E-state index contributed by atoms with van der Waals surface area (Å²) < 4.78 is 0. The molecule has 1 saturated carbocycles. The Balaban J connectivity index is 0.00000261. The van der Waals surface area contributed by atoms with Crippen molar-refractivity contribution >= 4 is 46.9 Å². The largest absolute Gasteiger partial charge is 0.330 e.